The Labute approximate surface area is 189 Å². The number of hydrogen-bond acceptors (Lipinski definition) is 6. The summed E-state index contributed by atoms with van der Waals surface area (Å²) >= 11 is 1.46. The smallest absolute Gasteiger partial charge is 0.281 e. The summed E-state index contributed by atoms with van der Waals surface area (Å²) in [6.45, 7) is 4.40. The Kier molecular flexibility index (Phi) is 6.51. The molecule has 7 nitrogen and oxygen atoms in total. The molecule has 0 aliphatic heterocycles. The van der Waals surface area contributed by atoms with Gasteiger partial charge in [-0.05, 0) is 43.2 Å². The van der Waals surface area contributed by atoms with Crippen molar-refractivity contribution in [2.24, 2.45) is 0 Å². The van der Waals surface area contributed by atoms with Crippen LogP contribution in [0.2, 0.25) is 0 Å². The van der Waals surface area contributed by atoms with Gasteiger partial charge in [0, 0.05) is 10.4 Å². The third kappa shape index (κ3) is 4.65. The molecular formula is C24H23N3O4S. The Balaban J connectivity index is 1.49. The molecule has 0 aliphatic carbocycles. The number of nitrogens with zero attached hydrogens (tertiary/aromatic N) is 2. The van der Waals surface area contributed by atoms with E-state index < -0.39 is 5.91 Å². The molecule has 32 heavy (non-hydrogen) atoms. The van der Waals surface area contributed by atoms with Gasteiger partial charge in [-0.2, -0.15) is 0 Å². The SMILES string of the molecule is CCCOc1ccc(OCC(=O)Nn2cnc3sc(C)c(-c4ccccc4)c3c2=O)cc1. The number of amides is 1. The zero-order valence-electron chi connectivity index (χ0n) is 17.8. The van der Waals surface area contributed by atoms with E-state index in [-0.39, 0.29) is 12.2 Å². The van der Waals surface area contributed by atoms with E-state index in [0.717, 1.165) is 32.9 Å². The van der Waals surface area contributed by atoms with Crippen LogP contribution >= 0.6 is 11.3 Å². The van der Waals surface area contributed by atoms with Gasteiger partial charge in [0.25, 0.3) is 11.5 Å². The second-order valence-corrected chi connectivity index (χ2v) is 8.35. The number of nitrogens with one attached hydrogen (secondary N) is 1. The summed E-state index contributed by atoms with van der Waals surface area (Å²) in [6.07, 6.45) is 2.25. The first-order valence-corrected chi connectivity index (χ1v) is 11.1. The third-order valence-corrected chi connectivity index (χ3v) is 5.78. The Morgan fingerprint density at radius 1 is 1.06 bits per heavy atom. The van der Waals surface area contributed by atoms with Gasteiger partial charge in [0.2, 0.25) is 0 Å². The summed E-state index contributed by atoms with van der Waals surface area (Å²) in [4.78, 5) is 31.5. The highest BCUT2D eigenvalue weighted by molar-refractivity contribution is 7.19. The van der Waals surface area contributed by atoms with Gasteiger partial charge in [0.05, 0.1) is 12.0 Å². The van der Waals surface area contributed by atoms with Crippen LogP contribution in [0.3, 0.4) is 0 Å². The number of aromatic nitrogens is 2. The van der Waals surface area contributed by atoms with Crippen LogP contribution < -0.4 is 20.5 Å². The topological polar surface area (TPSA) is 82.4 Å². The maximum atomic E-state index is 13.1. The largest absolute Gasteiger partial charge is 0.494 e. The van der Waals surface area contributed by atoms with Crippen molar-refractivity contribution in [3.63, 3.8) is 0 Å². The van der Waals surface area contributed by atoms with Gasteiger partial charge in [0.1, 0.15) is 22.7 Å². The molecule has 0 aliphatic rings. The number of benzene rings is 2. The highest BCUT2D eigenvalue weighted by atomic mass is 32.1. The Bertz CT molecular complexity index is 1280. The minimum atomic E-state index is -0.465. The zero-order chi connectivity index (χ0) is 22.5. The quantitative estimate of drug-likeness (QED) is 0.432. The minimum absolute atomic E-state index is 0.242. The average Bonchev–Trinajstić information content (AvgIpc) is 3.16. The van der Waals surface area contributed by atoms with Crippen molar-refractivity contribution in [3.05, 3.63) is 76.2 Å². The Morgan fingerprint density at radius 3 is 2.44 bits per heavy atom. The third-order valence-electron chi connectivity index (χ3n) is 4.76. The molecule has 0 bridgehead atoms. The van der Waals surface area contributed by atoms with E-state index in [1.54, 1.807) is 24.3 Å². The van der Waals surface area contributed by atoms with Crippen molar-refractivity contribution in [2.75, 3.05) is 18.6 Å². The molecule has 2 heterocycles. The van der Waals surface area contributed by atoms with E-state index in [1.807, 2.05) is 44.2 Å². The second kappa shape index (κ2) is 9.65. The highest BCUT2D eigenvalue weighted by Gasteiger charge is 2.17. The normalized spacial score (nSPS) is 10.8. The van der Waals surface area contributed by atoms with Gasteiger partial charge < -0.3 is 9.47 Å². The van der Waals surface area contributed by atoms with E-state index in [2.05, 4.69) is 10.4 Å². The number of thiophene rings is 1. The van der Waals surface area contributed by atoms with E-state index >= 15 is 0 Å². The van der Waals surface area contributed by atoms with Gasteiger partial charge in [-0.25, -0.2) is 9.66 Å². The van der Waals surface area contributed by atoms with Crippen LogP contribution in [0.4, 0.5) is 0 Å². The van der Waals surface area contributed by atoms with Gasteiger partial charge in [0.15, 0.2) is 6.61 Å². The molecule has 0 saturated heterocycles. The van der Waals surface area contributed by atoms with Gasteiger partial charge in [-0.1, -0.05) is 37.3 Å². The standard InChI is InChI=1S/C24H23N3O4S/c1-3-13-30-18-9-11-19(12-10-18)31-14-20(28)26-27-15-25-23-22(24(27)29)21(16(2)32-23)17-7-5-4-6-8-17/h4-12,15H,3,13-14H2,1-2H3,(H,26,28). The Morgan fingerprint density at radius 2 is 1.75 bits per heavy atom. The lowest BCUT2D eigenvalue weighted by Crippen LogP contribution is -2.35. The summed E-state index contributed by atoms with van der Waals surface area (Å²) < 4.78 is 12.2. The van der Waals surface area contributed by atoms with Gasteiger partial charge in [-0.15, -0.1) is 11.3 Å². The first-order valence-electron chi connectivity index (χ1n) is 10.3. The lowest BCUT2D eigenvalue weighted by molar-refractivity contribution is -0.119. The lowest BCUT2D eigenvalue weighted by atomic mass is 10.0. The molecule has 1 N–H and O–H groups in total. The van der Waals surface area contributed by atoms with E-state index in [4.69, 9.17) is 9.47 Å². The molecular weight excluding hydrogens is 426 g/mol. The molecule has 0 atom stereocenters. The molecule has 1 amide bonds. The van der Waals surface area contributed by atoms with Crippen molar-refractivity contribution in [3.8, 4) is 22.6 Å². The number of carbonyl (C=O) groups excluding carboxylic acids is 1. The number of ether oxygens (including phenoxy) is 2. The van der Waals surface area contributed by atoms with Crippen LogP contribution in [0.15, 0.2) is 65.7 Å². The fourth-order valence-electron chi connectivity index (χ4n) is 3.30. The molecule has 4 aromatic rings. The lowest BCUT2D eigenvalue weighted by Gasteiger charge is -2.10. The first kappa shape index (κ1) is 21.6. The first-order chi connectivity index (χ1) is 15.6. The summed E-state index contributed by atoms with van der Waals surface area (Å²) in [7, 11) is 0. The van der Waals surface area contributed by atoms with Crippen molar-refractivity contribution in [1.82, 2.24) is 9.66 Å². The summed E-state index contributed by atoms with van der Waals surface area (Å²) in [5.41, 5.74) is 4.01. The van der Waals surface area contributed by atoms with E-state index in [9.17, 15) is 9.59 Å². The highest BCUT2D eigenvalue weighted by Crippen LogP contribution is 2.35. The number of rotatable bonds is 8. The molecule has 0 saturated carbocycles. The van der Waals surface area contributed by atoms with Crippen LogP contribution in [-0.2, 0) is 4.79 Å². The maximum Gasteiger partial charge on any atom is 0.281 e. The summed E-state index contributed by atoms with van der Waals surface area (Å²) in [5.74, 6) is 0.812. The van der Waals surface area contributed by atoms with Crippen molar-refractivity contribution < 1.29 is 14.3 Å². The molecule has 2 aromatic carbocycles. The predicted octanol–water partition coefficient (Wildman–Crippen LogP) is 4.37. The molecule has 8 heteroatoms. The van der Waals surface area contributed by atoms with Crippen LogP contribution in [-0.4, -0.2) is 28.8 Å². The summed E-state index contributed by atoms with van der Waals surface area (Å²) in [5, 5.41) is 0.491. The van der Waals surface area contributed by atoms with Crippen molar-refractivity contribution in [2.45, 2.75) is 20.3 Å². The van der Waals surface area contributed by atoms with Gasteiger partial charge in [-0.3, -0.25) is 15.0 Å². The number of hydrogen-bond donors (Lipinski definition) is 1. The monoisotopic (exact) mass is 449 g/mol. The molecule has 0 radical (unpaired) electrons. The van der Waals surface area contributed by atoms with Crippen LogP contribution in [0.5, 0.6) is 11.5 Å². The average molecular weight is 450 g/mol. The van der Waals surface area contributed by atoms with Crippen LogP contribution in [0.25, 0.3) is 21.3 Å². The van der Waals surface area contributed by atoms with Crippen molar-refractivity contribution >= 4 is 27.5 Å². The maximum absolute atomic E-state index is 13.1. The molecule has 4 rings (SSSR count). The second-order valence-electron chi connectivity index (χ2n) is 7.14. The molecule has 2 aromatic heterocycles. The molecule has 0 unspecified atom stereocenters. The van der Waals surface area contributed by atoms with Crippen LogP contribution in [0, 0.1) is 6.92 Å². The predicted molar refractivity (Wildman–Crippen MR) is 126 cm³/mol. The van der Waals surface area contributed by atoms with Gasteiger partial charge >= 0.3 is 0 Å². The number of fused-ring (bicyclic) bond motifs is 1. The Hall–Kier alpha value is -3.65. The fraction of sp³-hybridized carbons (Fsp3) is 0.208. The van der Waals surface area contributed by atoms with Crippen molar-refractivity contribution in [1.29, 1.82) is 0 Å². The van der Waals surface area contributed by atoms with E-state index in [1.165, 1.54) is 17.7 Å². The fourth-order valence-corrected chi connectivity index (χ4v) is 4.31. The minimum Gasteiger partial charge on any atom is -0.494 e. The van der Waals surface area contributed by atoms with Crippen LogP contribution in [0.1, 0.15) is 18.2 Å². The van der Waals surface area contributed by atoms with E-state index in [0.29, 0.717) is 22.6 Å². The number of carbonyl (C=O) groups is 1. The molecule has 0 fully saturated rings. The molecule has 0 spiro atoms. The number of aryl methyl sites for hydroxylation is 1. The molecule has 164 valence electrons. The zero-order valence-corrected chi connectivity index (χ0v) is 18.6. The summed E-state index contributed by atoms with van der Waals surface area (Å²) in [6, 6.07) is 16.7.